The quantitative estimate of drug-likeness (QED) is 0.508. The fourth-order valence-electron chi connectivity index (χ4n) is 3.39. The fourth-order valence-corrected chi connectivity index (χ4v) is 4.08. The predicted molar refractivity (Wildman–Crippen MR) is 121 cm³/mol. The maximum absolute atomic E-state index is 12.3. The summed E-state index contributed by atoms with van der Waals surface area (Å²) in [5.74, 6) is 0.475. The van der Waals surface area contributed by atoms with Crippen LogP contribution in [0.25, 0.3) is 11.5 Å². The molecule has 2 aromatic carbocycles. The second-order valence-electron chi connectivity index (χ2n) is 7.17. The van der Waals surface area contributed by atoms with Crippen LogP contribution in [0.4, 0.5) is 11.4 Å². The molecule has 1 aliphatic heterocycles. The number of thioether (sulfide) groups is 1. The number of aromatic nitrogens is 2. The Morgan fingerprint density at radius 1 is 1.00 bits per heavy atom. The first kappa shape index (κ1) is 20.8. The van der Waals surface area contributed by atoms with E-state index in [0.29, 0.717) is 16.1 Å². The van der Waals surface area contributed by atoms with Crippen LogP contribution in [-0.4, -0.2) is 34.9 Å². The molecule has 8 heteroatoms. The Balaban J connectivity index is 1.28. The van der Waals surface area contributed by atoms with Gasteiger partial charge in [0.25, 0.3) is 5.22 Å². The van der Waals surface area contributed by atoms with Crippen molar-refractivity contribution in [3.63, 3.8) is 0 Å². The van der Waals surface area contributed by atoms with Crippen LogP contribution in [0.1, 0.15) is 25.7 Å². The van der Waals surface area contributed by atoms with E-state index in [0.717, 1.165) is 24.3 Å². The van der Waals surface area contributed by atoms with Crippen molar-refractivity contribution in [1.29, 1.82) is 0 Å². The minimum absolute atomic E-state index is 0.117. The van der Waals surface area contributed by atoms with Crippen LogP contribution in [-0.2, 0) is 4.79 Å². The van der Waals surface area contributed by atoms with Gasteiger partial charge < -0.3 is 14.6 Å². The zero-order chi connectivity index (χ0) is 20.8. The smallest absolute Gasteiger partial charge is 0.277 e. The molecule has 0 spiro atoms. The van der Waals surface area contributed by atoms with E-state index in [1.165, 1.54) is 43.1 Å². The van der Waals surface area contributed by atoms with Gasteiger partial charge >= 0.3 is 0 Å². The molecule has 1 aliphatic rings. The lowest BCUT2D eigenvalue weighted by atomic mass is 10.2. The number of hydrogen-bond acceptors (Lipinski definition) is 6. The van der Waals surface area contributed by atoms with Gasteiger partial charge in [0.2, 0.25) is 11.8 Å². The first-order chi connectivity index (χ1) is 14.7. The Bertz CT molecular complexity index is 968. The summed E-state index contributed by atoms with van der Waals surface area (Å²) in [6.45, 7) is 2.20. The summed E-state index contributed by atoms with van der Waals surface area (Å²) in [6.07, 6.45) is 5.10. The Kier molecular flexibility index (Phi) is 6.92. The highest BCUT2D eigenvalue weighted by Gasteiger charge is 2.13. The van der Waals surface area contributed by atoms with E-state index < -0.39 is 0 Å². The molecule has 0 bridgehead atoms. The van der Waals surface area contributed by atoms with E-state index >= 15 is 0 Å². The average molecular weight is 443 g/mol. The summed E-state index contributed by atoms with van der Waals surface area (Å²) in [4.78, 5) is 14.7. The van der Waals surface area contributed by atoms with Crippen molar-refractivity contribution in [2.24, 2.45) is 0 Å². The molecule has 0 unspecified atom stereocenters. The highest BCUT2D eigenvalue weighted by molar-refractivity contribution is 7.99. The zero-order valence-corrected chi connectivity index (χ0v) is 18.1. The molecule has 6 nitrogen and oxygen atoms in total. The van der Waals surface area contributed by atoms with Crippen LogP contribution in [0.2, 0.25) is 5.02 Å². The zero-order valence-electron chi connectivity index (χ0n) is 16.5. The molecule has 0 atom stereocenters. The molecule has 1 aromatic heterocycles. The maximum Gasteiger partial charge on any atom is 0.277 e. The number of hydrogen-bond donors (Lipinski definition) is 1. The van der Waals surface area contributed by atoms with Crippen LogP contribution in [0.15, 0.2) is 58.2 Å². The van der Waals surface area contributed by atoms with Crippen LogP contribution >= 0.6 is 23.4 Å². The molecule has 156 valence electrons. The molecule has 4 rings (SSSR count). The molecule has 2 heterocycles. The van der Waals surface area contributed by atoms with Crippen molar-refractivity contribution in [3.05, 3.63) is 53.6 Å². The Hall–Kier alpha value is -2.51. The van der Waals surface area contributed by atoms with Gasteiger partial charge in [0.05, 0.1) is 5.75 Å². The average Bonchev–Trinajstić information content (AvgIpc) is 3.07. The first-order valence-corrected chi connectivity index (χ1v) is 11.4. The number of carbonyl (C=O) groups excluding carboxylic acids is 1. The molecule has 0 saturated carbocycles. The minimum Gasteiger partial charge on any atom is -0.411 e. The second kappa shape index (κ2) is 10.00. The topological polar surface area (TPSA) is 71.3 Å². The predicted octanol–water partition coefficient (Wildman–Crippen LogP) is 5.50. The molecule has 0 radical (unpaired) electrons. The highest BCUT2D eigenvalue weighted by Crippen LogP contribution is 2.25. The monoisotopic (exact) mass is 442 g/mol. The summed E-state index contributed by atoms with van der Waals surface area (Å²) < 4.78 is 5.62. The number of nitrogens with zero attached hydrogens (tertiary/aromatic N) is 3. The lowest BCUT2D eigenvalue weighted by Gasteiger charge is -2.22. The van der Waals surface area contributed by atoms with E-state index in [1.807, 2.05) is 24.3 Å². The third-order valence-electron chi connectivity index (χ3n) is 4.95. The molecule has 3 aromatic rings. The Morgan fingerprint density at radius 3 is 2.40 bits per heavy atom. The number of rotatable bonds is 6. The van der Waals surface area contributed by atoms with Gasteiger partial charge in [-0.25, -0.2) is 0 Å². The molecule has 1 saturated heterocycles. The Morgan fingerprint density at radius 2 is 1.70 bits per heavy atom. The number of halogens is 1. The molecule has 1 N–H and O–H groups in total. The minimum atomic E-state index is -0.117. The standard InChI is InChI=1S/C22H23ClN4O2S/c23-17-7-5-16(6-8-17)21-25-26-22(29-21)30-15-20(28)24-18-9-11-19(12-10-18)27-13-3-1-2-4-14-27/h5-12H,1-4,13-15H2,(H,24,28). The summed E-state index contributed by atoms with van der Waals surface area (Å²) in [6, 6.07) is 15.2. The van der Waals surface area contributed by atoms with Gasteiger partial charge in [0, 0.05) is 35.1 Å². The van der Waals surface area contributed by atoms with Crippen molar-refractivity contribution in [2.75, 3.05) is 29.1 Å². The van der Waals surface area contributed by atoms with Crippen molar-refractivity contribution < 1.29 is 9.21 Å². The normalized spacial score (nSPS) is 14.4. The van der Waals surface area contributed by atoms with E-state index in [1.54, 1.807) is 12.1 Å². The first-order valence-electron chi connectivity index (χ1n) is 10.0. The van der Waals surface area contributed by atoms with Gasteiger partial charge in [-0.15, -0.1) is 10.2 Å². The highest BCUT2D eigenvalue weighted by atomic mass is 35.5. The van der Waals surface area contributed by atoms with Gasteiger partial charge in [-0.05, 0) is 61.4 Å². The lowest BCUT2D eigenvalue weighted by Crippen LogP contribution is -2.23. The van der Waals surface area contributed by atoms with Crippen LogP contribution in [0.5, 0.6) is 0 Å². The summed E-state index contributed by atoms with van der Waals surface area (Å²) in [5.41, 5.74) is 2.78. The molecule has 1 amide bonds. The van der Waals surface area contributed by atoms with Crippen molar-refractivity contribution in [2.45, 2.75) is 30.9 Å². The van der Waals surface area contributed by atoms with Gasteiger partial charge in [-0.3, -0.25) is 4.79 Å². The second-order valence-corrected chi connectivity index (χ2v) is 8.53. The molecular formula is C22H23ClN4O2S. The van der Waals surface area contributed by atoms with Crippen molar-refractivity contribution in [3.8, 4) is 11.5 Å². The number of amides is 1. The van der Waals surface area contributed by atoms with E-state index in [-0.39, 0.29) is 11.7 Å². The summed E-state index contributed by atoms with van der Waals surface area (Å²) in [5, 5.41) is 11.9. The maximum atomic E-state index is 12.3. The summed E-state index contributed by atoms with van der Waals surface area (Å²) in [7, 11) is 0. The van der Waals surface area contributed by atoms with Crippen LogP contribution in [0, 0.1) is 0 Å². The third-order valence-corrected chi connectivity index (χ3v) is 6.02. The molecule has 1 fully saturated rings. The van der Waals surface area contributed by atoms with Crippen LogP contribution in [0.3, 0.4) is 0 Å². The number of carbonyl (C=O) groups is 1. The summed E-state index contributed by atoms with van der Waals surface area (Å²) >= 11 is 7.10. The van der Waals surface area contributed by atoms with Gasteiger partial charge in [-0.2, -0.15) is 0 Å². The van der Waals surface area contributed by atoms with E-state index in [2.05, 4.69) is 32.5 Å². The van der Waals surface area contributed by atoms with Crippen molar-refractivity contribution in [1.82, 2.24) is 10.2 Å². The van der Waals surface area contributed by atoms with Crippen LogP contribution < -0.4 is 10.2 Å². The van der Waals surface area contributed by atoms with E-state index in [9.17, 15) is 4.79 Å². The molecule has 30 heavy (non-hydrogen) atoms. The fraction of sp³-hybridized carbons (Fsp3) is 0.318. The number of anilines is 2. The van der Waals surface area contributed by atoms with E-state index in [4.69, 9.17) is 16.0 Å². The Labute approximate surface area is 185 Å². The molecular weight excluding hydrogens is 420 g/mol. The van der Waals surface area contributed by atoms with Gasteiger partial charge in [-0.1, -0.05) is 36.2 Å². The largest absolute Gasteiger partial charge is 0.411 e. The number of benzene rings is 2. The molecule has 0 aliphatic carbocycles. The lowest BCUT2D eigenvalue weighted by molar-refractivity contribution is -0.113. The van der Waals surface area contributed by atoms with Crippen molar-refractivity contribution >= 4 is 40.6 Å². The third kappa shape index (κ3) is 5.55. The van der Waals surface area contributed by atoms with Gasteiger partial charge in [0.1, 0.15) is 0 Å². The van der Waals surface area contributed by atoms with Gasteiger partial charge in [0.15, 0.2) is 0 Å². The number of nitrogens with one attached hydrogen (secondary N) is 1. The SMILES string of the molecule is O=C(CSc1nnc(-c2ccc(Cl)cc2)o1)Nc1ccc(N2CCCCCC2)cc1.